The Labute approximate surface area is 134 Å². The molecule has 2 rings (SSSR count). The normalized spacial score (nSPS) is 12.2. The lowest BCUT2D eigenvalue weighted by Gasteiger charge is -2.17. The highest BCUT2D eigenvalue weighted by atomic mass is 35.5. The SMILES string of the molecule is CCOc1cc(Cl)c(C(N)c2ccc(C)s2)cc1OCC. The van der Waals surface area contributed by atoms with Gasteiger partial charge in [-0.3, -0.25) is 0 Å². The molecule has 0 fully saturated rings. The fraction of sp³-hybridized carbons (Fsp3) is 0.375. The molecule has 0 bridgehead atoms. The van der Waals surface area contributed by atoms with Crippen molar-refractivity contribution in [1.29, 1.82) is 0 Å². The van der Waals surface area contributed by atoms with Gasteiger partial charge in [0.05, 0.1) is 19.3 Å². The van der Waals surface area contributed by atoms with E-state index >= 15 is 0 Å². The third-order valence-corrected chi connectivity index (χ3v) is 4.48. The number of ether oxygens (including phenoxy) is 2. The van der Waals surface area contributed by atoms with Crippen LogP contribution in [0.5, 0.6) is 11.5 Å². The van der Waals surface area contributed by atoms with Gasteiger partial charge in [-0.15, -0.1) is 11.3 Å². The third kappa shape index (κ3) is 3.70. The molecule has 3 nitrogen and oxygen atoms in total. The van der Waals surface area contributed by atoms with Crippen LogP contribution in [-0.4, -0.2) is 13.2 Å². The van der Waals surface area contributed by atoms with Gasteiger partial charge >= 0.3 is 0 Å². The first kappa shape index (κ1) is 16.1. The zero-order valence-corrected chi connectivity index (χ0v) is 14.1. The van der Waals surface area contributed by atoms with Gasteiger partial charge in [-0.25, -0.2) is 0 Å². The standard InChI is InChI=1S/C16H20ClNO2S/c1-4-19-13-8-11(12(17)9-14(13)20-5-2)16(18)15-7-6-10(3)21-15/h6-9,16H,4-5,18H2,1-3H3. The number of rotatable bonds is 6. The van der Waals surface area contributed by atoms with Gasteiger partial charge in [0.25, 0.3) is 0 Å². The number of thiophene rings is 1. The molecule has 1 aromatic heterocycles. The fourth-order valence-corrected chi connectivity index (χ4v) is 3.27. The summed E-state index contributed by atoms with van der Waals surface area (Å²) in [6, 6.07) is 7.51. The van der Waals surface area contributed by atoms with Gasteiger partial charge in [-0.2, -0.15) is 0 Å². The van der Waals surface area contributed by atoms with Crippen molar-refractivity contribution in [3.8, 4) is 11.5 Å². The van der Waals surface area contributed by atoms with Crippen molar-refractivity contribution < 1.29 is 9.47 Å². The van der Waals surface area contributed by atoms with Crippen LogP contribution in [0, 0.1) is 6.92 Å². The van der Waals surface area contributed by atoms with Gasteiger partial charge < -0.3 is 15.2 Å². The molecule has 5 heteroatoms. The van der Waals surface area contributed by atoms with E-state index in [4.69, 9.17) is 26.8 Å². The highest BCUT2D eigenvalue weighted by Crippen LogP contribution is 2.38. The summed E-state index contributed by atoms with van der Waals surface area (Å²) in [6.45, 7) is 7.05. The van der Waals surface area contributed by atoms with E-state index < -0.39 is 0 Å². The third-order valence-electron chi connectivity index (χ3n) is 3.07. The molecule has 0 saturated heterocycles. The predicted molar refractivity (Wildman–Crippen MR) is 88.9 cm³/mol. The van der Waals surface area contributed by atoms with Crippen molar-refractivity contribution >= 4 is 22.9 Å². The van der Waals surface area contributed by atoms with Crippen LogP contribution in [0.4, 0.5) is 0 Å². The van der Waals surface area contributed by atoms with Gasteiger partial charge in [0, 0.05) is 20.8 Å². The average Bonchev–Trinajstić information content (AvgIpc) is 2.88. The van der Waals surface area contributed by atoms with E-state index in [1.807, 2.05) is 26.0 Å². The quantitative estimate of drug-likeness (QED) is 0.847. The topological polar surface area (TPSA) is 44.5 Å². The number of halogens is 1. The van der Waals surface area contributed by atoms with E-state index in [2.05, 4.69) is 13.0 Å². The summed E-state index contributed by atoms with van der Waals surface area (Å²) in [6.07, 6.45) is 0. The Morgan fingerprint density at radius 1 is 1.14 bits per heavy atom. The van der Waals surface area contributed by atoms with Crippen LogP contribution < -0.4 is 15.2 Å². The second-order valence-corrected chi connectivity index (χ2v) is 6.34. The molecule has 0 aliphatic carbocycles. The van der Waals surface area contributed by atoms with E-state index in [9.17, 15) is 0 Å². The van der Waals surface area contributed by atoms with Gasteiger partial charge in [0.15, 0.2) is 11.5 Å². The summed E-state index contributed by atoms with van der Waals surface area (Å²) < 4.78 is 11.2. The molecule has 1 heterocycles. The molecule has 2 aromatic rings. The minimum absolute atomic E-state index is 0.258. The van der Waals surface area contributed by atoms with Crippen molar-refractivity contribution in [2.75, 3.05) is 13.2 Å². The monoisotopic (exact) mass is 325 g/mol. The summed E-state index contributed by atoms with van der Waals surface area (Å²) in [4.78, 5) is 2.31. The second-order valence-electron chi connectivity index (χ2n) is 4.61. The second kappa shape index (κ2) is 7.16. The van der Waals surface area contributed by atoms with Crippen LogP contribution in [0.3, 0.4) is 0 Å². The molecule has 0 amide bonds. The Bertz CT molecular complexity index is 612. The lowest BCUT2D eigenvalue weighted by atomic mass is 10.1. The maximum absolute atomic E-state index is 6.38. The predicted octanol–water partition coefficient (Wildman–Crippen LogP) is 4.56. The smallest absolute Gasteiger partial charge is 0.162 e. The lowest BCUT2D eigenvalue weighted by molar-refractivity contribution is 0.287. The van der Waals surface area contributed by atoms with Crippen molar-refractivity contribution in [2.45, 2.75) is 26.8 Å². The Kier molecular flexibility index (Phi) is 5.51. The molecule has 0 saturated carbocycles. The average molecular weight is 326 g/mol. The summed E-state index contributed by atoms with van der Waals surface area (Å²) in [7, 11) is 0. The largest absolute Gasteiger partial charge is 0.490 e. The van der Waals surface area contributed by atoms with Gasteiger partial charge in [0.2, 0.25) is 0 Å². The van der Waals surface area contributed by atoms with Crippen LogP contribution in [0.25, 0.3) is 0 Å². The van der Waals surface area contributed by atoms with Gasteiger partial charge in [0.1, 0.15) is 0 Å². The molecule has 1 atom stereocenters. The molecule has 21 heavy (non-hydrogen) atoms. The lowest BCUT2D eigenvalue weighted by Crippen LogP contribution is -2.11. The summed E-state index contributed by atoms with van der Waals surface area (Å²) in [5.41, 5.74) is 7.20. The van der Waals surface area contributed by atoms with E-state index in [1.165, 1.54) is 4.88 Å². The summed E-state index contributed by atoms with van der Waals surface area (Å²) >= 11 is 8.06. The zero-order chi connectivity index (χ0) is 15.4. The molecule has 114 valence electrons. The molecular weight excluding hydrogens is 306 g/mol. The number of benzene rings is 1. The van der Waals surface area contributed by atoms with E-state index in [-0.39, 0.29) is 6.04 Å². The zero-order valence-electron chi connectivity index (χ0n) is 12.5. The van der Waals surface area contributed by atoms with E-state index in [1.54, 1.807) is 17.4 Å². The van der Waals surface area contributed by atoms with Crippen LogP contribution in [0.2, 0.25) is 5.02 Å². The van der Waals surface area contributed by atoms with E-state index in [0.717, 1.165) is 10.4 Å². The summed E-state index contributed by atoms with van der Waals surface area (Å²) in [5.74, 6) is 1.34. The highest BCUT2D eigenvalue weighted by Gasteiger charge is 2.18. The summed E-state index contributed by atoms with van der Waals surface area (Å²) in [5, 5.41) is 0.598. The molecule has 0 aliphatic heterocycles. The maximum atomic E-state index is 6.38. The van der Waals surface area contributed by atoms with Gasteiger partial charge in [-0.1, -0.05) is 11.6 Å². The first-order valence-corrected chi connectivity index (χ1v) is 8.17. The molecule has 0 spiro atoms. The number of hydrogen-bond acceptors (Lipinski definition) is 4. The Morgan fingerprint density at radius 3 is 2.29 bits per heavy atom. The first-order chi connectivity index (χ1) is 10.1. The van der Waals surface area contributed by atoms with Crippen molar-refractivity contribution in [2.24, 2.45) is 5.73 Å². The fourth-order valence-electron chi connectivity index (χ4n) is 2.10. The Hall–Kier alpha value is -1.23. The minimum atomic E-state index is -0.258. The molecule has 0 radical (unpaired) electrons. The molecule has 1 aromatic carbocycles. The minimum Gasteiger partial charge on any atom is -0.490 e. The Balaban J connectivity index is 2.40. The molecular formula is C16H20ClNO2S. The maximum Gasteiger partial charge on any atom is 0.162 e. The molecule has 1 unspecified atom stereocenters. The van der Waals surface area contributed by atoms with E-state index in [0.29, 0.717) is 29.7 Å². The first-order valence-electron chi connectivity index (χ1n) is 6.97. The van der Waals surface area contributed by atoms with Crippen molar-refractivity contribution in [1.82, 2.24) is 0 Å². The number of nitrogens with two attached hydrogens (primary N) is 1. The molecule has 2 N–H and O–H groups in total. The van der Waals surface area contributed by atoms with Crippen LogP contribution in [0.1, 0.15) is 35.2 Å². The Morgan fingerprint density at radius 2 is 1.76 bits per heavy atom. The number of hydrogen-bond donors (Lipinski definition) is 1. The highest BCUT2D eigenvalue weighted by molar-refractivity contribution is 7.12. The van der Waals surface area contributed by atoms with Crippen LogP contribution in [0.15, 0.2) is 24.3 Å². The van der Waals surface area contributed by atoms with Crippen LogP contribution >= 0.6 is 22.9 Å². The van der Waals surface area contributed by atoms with Crippen molar-refractivity contribution in [3.63, 3.8) is 0 Å². The van der Waals surface area contributed by atoms with Crippen LogP contribution in [-0.2, 0) is 0 Å². The van der Waals surface area contributed by atoms with Crippen molar-refractivity contribution in [3.05, 3.63) is 44.6 Å². The van der Waals surface area contributed by atoms with Gasteiger partial charge in [-0.05, 0) is 44.5 Å². The molecule has 0 aliphatic rings. The number of aryl methyl sites for hydroxylation is 1.